The number of carbonyl (C=O) groups is 1. The molecule has 128 valence electrons. The Bertz CT molecular complexity index is 868. The second-order valence-electron chi connectivity index (χ2n) is 5.44. The Hall–Kier alpha value is -1.55. The number of rotatable bonds is 4. The van der Waals surface area contributed by atoms with E-state index in [9.17, 15) is 13.2 Å². The van der Waals surface area contributed by atoms with Crippen molar-refractivity contribution < 1.29 is 13.2 Å². The first kappa shape index (κ1) is 17.3. The van der Waals surface area contributed by atoms with E-state index in [0.29, 0.717) is 28.7 Å². The summed E-state index contributed by atoms with van der Waals surface area (Å²) in [7, 11) is -3.31. The van der Waals surface area contributed by atoms with Gasteiger partial charge in [-0.05, 0) is 31.0 Å². The van der Waals surface area contributed by atoms with Gasteiger partial charge in [0.2, 0.25) is 15.0 Å². The summed E-state index contributed by atoms with van der Waals surface area (Å²) in [5.74, 6) is -0.398. The molecule has 1 aliphatic heterocycles. The second kappa shape index (κ2) is 6.75. The van der Waals surface area contributed by atoms with Crippen LogP contribution in [0.4, 0.5) is 5.69 Å². The minimum atomic E-state index is -3.31. The molecule has 0 aliphatic carbocycles. The molecule has 1 amide bonds. The predicted octanol–water partition coefficient (Wildman–Crippen LogP) is 2.54. The van der Waals surface area contributed by atoms with E-state index in [1.165, 1.54) is 10.6 Å². The smallest absolute Gasteiger partial charge is 0.286 e. The van der Waals surface area contributed by atoms with Crippen LogP contribution in [-0.4, -0.2) is 41.6 Å². The zero-order chi connectivity index (χ0) is 17.3. The van der Waals surface area contributed by atoms with Crippen LogP contribution in [0.1, 0.15) is 33.7 Å². The van der Waals surface area contributed by atoms with Gasteiger partial charge < -0.3 is 5.32 Å². The Morgan fingerprint density at radius 3 is 2.92 bits per heavy atom. The van der Waals surface area contributed by atoms with Crippen LogP contribution in [0, 0.1) is 0 Å². The average molecular weight is 387 g/mol. The molecule has 3 rings (SSSR count). The summed E-state index contributed by atoms with van der Waals surface area (Å²) in [5, 5.41) is 11.8. The maximum absolute atomic E-state index is 12.3. The van der Waals surface area contributed by atoms with Gasteiger partial charge in [0.25, 0.3) is 5.91 Å². The lowest BCUT2D eigenvalue weighted by molar-refractivity contribution is 0.102. The molecule has 1 N–H and O–H groups in total. The van der Waals surface area contributed by atoms with Crippen LogP contribution in [0.15, 0.2) is 24.3 Å². The van der Waals surface area contributed by atoms with E-state index in [-0.39, 0.29) is 11.0 Å². The van der Waals surface area contributed by atoms with Gasteiger partial charge in [-0.15, -0.1) is 10.2 Å². The number of amides is 1. The summed E-state index contributed by atoms with van der Waals surface area (Å²) in [6.07, 6.45) is 2.62. The van der Waals surface area contributed by atoms with Gasteiger partial charge in [0.05, 0.1) is 12.3 Å². The van der Waals surface area contributed by atoms with Gasteiger partial charge in [0.1, 0.15) is 5.01 Å². The molecule has 2 aromatic rings. The maximum Gasteiger partial charge on any atom is 0.286 e. The average Bonchev–Trinajstić information content (AvgIpc) is 3.15. The molecule has 0 unspecified atom stereocenters. The first-order valence-electron chi connectivity index (χ1n) is 7.22. The van der Waals surface area contributed by atoms with Crippen LogP contribution in [0.25, 0.3) is 0 Å². The lowest BCUT2D eigenvalue weighted by Crippen LogP contribution is -2.29. The fourth-order valence-electron chi connectivity index (χ4n) is 2.60. The summed E-state index contributed by atoms with van der Waals surface area (Å²) in [6, 6.07) is 6.44. The highest BCUT2D eigenvalue weighted by Gasteiger charge is 2.35. The Balaban J connectivity index is 1.77. The van der Waals surface area contributed by atoms with Crippen molar-refractivity contribution in [3.63, 3.8) is 0 Å². The Labute approximate surface area is 148 Å². The molecule has 2 heterocycles. The molecule has 0 radical (unpaired) electrons. The number of halogens is 1. The summed E-state index contributed by atoms with van der Waals surface area (Å²) >= 11 is 6.99. The third-order valence-electron chi connectivity index (χ3n) is 3.63. The van der Waals surface area contributed by atoms with E-state index >= 15 is 0 Å². The molecule has 0 bridgehead atoms. The molecule has 24 heavy (non-hydrogen) atoms. The lowest BCUT2D eigenvalue weighted by Gasteiger charge is -2.19. The van der Waals surface area contributed by atoms with E-state index in [0.717, 1.165) is 17.8 Å². The van der Waals surface area contributed by atoms with Gasteiger partial charge in [0, 0.05) is 17.3 Å². The largest absolute Gasteiger partial charge is 0.320 e. The van der Waals surface area contributed by atoms with Crippen molar-refractivity contribution in [3.05, 3.63) is 39.3 Å². The first-order valence-corrected chi connectivity index (χ1v) is 10.3. The zero-order valence-electron chi connectivity index (χ0n) is 12.8. The highest BCUT2D eigenvalue weighted by atomic mass is 35.5. The van der Waals surface area contributed by atoms with Crippen molar-refractivity contribution >= 4 is 44.6 Å². The molecule has 1 atom stereocenters. The highest BCUT2D eigenvalue weighted by molar-refractivity contribution is 7.88. The van der Waals surface area contributed by atoms with Crippen molar-refractivity contribution in [2.45, 2.75) is 18.9 Å². The number of sulfonamides is 1. The van der Waals surface area contributed by atoms with Crippen molar-refractivity contribution in [3.8, 4) is 0 Å². The van der Waals surface area contributed by atoms with E-state index in [4.69, 9.17) is 11.6 Å². The molecule has 1 aromatic carbocycles. The van der Waals surface area contributed by atoms with Gasteiger partial charge in [-0.2, -0.15) is 4.31 Å². The van der Waals surface area contributed by atoms with E-state index in [1.807, 2.05) is 0 Å². The predicted molar refractivity (Wildman–Crippen MR) is 92.8 cm³/mol. The normalized spacial score (nSPS) is 18.7. The van der Waals surface area contributed by atoms with Crippen LogP contribution >= 0.6 is 22.9 Å². The minimum Gasteiger partial charge on any atom is -0.320 e. The number of hydrogen-bond acceptors (Lipinski definition) is 6. The third kappa shape index (κ3) is 3.75. The SMILES string of the molecule is CS(=O)(=O)N1CCC[C@H]1c1nnc(C(=O)Nc2cccc(Cl)c2)s1. The fourth-order valence-corrected chi connectivity index (χ4v) is 4.87. The third-order valence-corrected chi connectivity index (χ3v) is 6.18. The number of aromatic nitrogens is 2. The van der Waals surface area contributed by atoms with Crippen molar-refractivity contribution in [1.29, 1.82) is 0 Å². The van der Waals surface area contributed by atoms with Gasteiger partial charge in [-0.1, -0.05) is 29.0 Å². The van der Waals surface area contributed by atoms with Crippen molar-refractivity contribution in [2.24, 2.45) is 0 Å². The number of hydrogen-bond donors (Lipinski definition) is 1. The van der Waals surface area contributed by atoms with Gasteiger partial charge >= 0.3 is 0 Å². The Kier molecular flexibility index (Phi) is 4.86. The first-order chi connectivity index (χ1) is 11.3. The van der Waals surface area contributed by atoms with Crippen molar-refractivity contribution in [2.75, 3.05) is 18.1 Å². The quantitative estimate of drug-likeness (QED) is 0.871. The molecule has 1 aliphatic rings. The summed E-state index contributed by atoms with van der Waals surface area (Å²) in [6.45, 7) is 0.465. The van der Waals surface area contributed by atoms with Gasteiger partial charge in [-0.3, -0.25) is 4.79 Å². The van der Waals surface area contributed by atoms with Crippen LogP contribution in [-0.2, 0) is 10.0 Å². The number of benzene rings is 1. The molecule has 1 aromatic heterocycles. The van der Waals surface area contributed by atoms with Gasteiger partial charge in [-0.25, -0.2) is 8.42 Å². The monoisotopic (exact) mass is 386 g/mol. The molecule has 0 spiro atoms. The number of anilines is 1. The maximum atomic E-state index is 12.3. The number of carbonyl (C=O) groups excluding carboxylic acids is 1. The standard InChI is InChI=1S/C14H15ClN4O3S2/c1-24(21,22)19-7-3-6-11(19)13-17-18-14(23-13)12(20)16-10-5-2-4-9(15)8-10/h2,4-5,8,11H,3,6-7H2,1H3,(H,16,20)/t11-/m0/s1. The van der Waals surface area contributed by atoms with Gasteiger partial charge in [0.15, 0.2) is 0 Å². The number of nitrogens with one attached hydrogen (secondary N) is 1. The molecule has 1 fully saturated rings. The van der Waals surface area contributed by atoms with E-state index in [2.05, 4.69) is 15.5 Å². The number of nitrogens with zero attached hydrogens (tertiary/aromatic N) is 3. The highest BCUT2D eigenvalue weighted by Crippen LogP contribution is 2.35. The van der Waals surface area contributed by atoms with Crippen LogP contribution < -0.4 is 5.32 Å². The van der Waals surface area contributed by atoms with Crippen molar-refractivity contribution in [1.82, 2.24) is 14.5 Å². The Morgan fingerprint density at radius 2 is 2.21 bits per heavy atom. The molecule has 1 saturated heterocycles. The molecular weight excluding hydrogens is 372 g/mol. The molecular formula is C14H15ClN4O3S2. The molecule has 7 nitrogen and oxygen atoms in total. The summed E-state index contributed by atoms with van der Waals surface area (Å²) in [4.78, 5) is 12.3. The lowest BCUT2D eigenvalue weighted by atomic mass is 10.2. The topological polar surface area (TPSA) is 92.3 Å². The minimum absolute atomic E-state index is 0.185. The molecule has 10 heteroatoms. The Morgan fingerprint density at radius 1 is 1.42 bits per heavy atom. The van der Waals surface area contributed by atoms with Crippen LogP contribution in [0.3, 0.4) is 0 Å². The van der Waals surface area contributed by atoms with Crippen LogP contribution in [0.5, 0.6) is 0 Å². The zero-order valence-corrected chi connectivity index (χ0v) is 15.2. The second-order valence-corrected chi connectivity index (χ2v) is 8.82. The fraction of sp³-hybridized carbons (Fsp3) is 0.357. The van der Waals surface area contributed by atoms with E-state index in [1.54, 1.807) is 24.3 Å². The summed E-state index contributed by atoms with van der Waals surface area (Å²) in [5.41, 5.74) is 0.558. The van der Waals surface area contributed by atoms with Crippen LogP contribution in [0.2, 0.25) is 5.02 Å². The summed E-state index contributed by atoms with van der Waals surface area (Å²) < 4.78 is 25.1. The van der Waals surface area contributed by atoms with E-state index < -0.39 is 15.9 Å². The molecule has 0 saturated carbocycles.